The molecule has 4 N–H and O–H groups in total. The Kier molecular flexibility index (Phi) is 5.45. The van der Waals surface area contributed by atoms with Gasteiger partial charge < -0.3 is 20.8 Å². The number of esters is 1. The first-order valence-electron chi connectivity index (χ1n) is 8.94. The topological polar surface area (TPSA) is 100 Å². The number of rotatable bonds is 7. The molecule has 1 aromatic heterocycles. The van der Waals surface area contributed by atoms with E-state index in [1.807, 2.05) is 35.0 Å². The number of nitrogen functional groups attached to an aromatic ring is 2. The molecule has 27 heavy (non-hydrogen) atoms. The summed E-state index contributed by atoms with van der Waals surface area (Å²) in [6.45, 7) is 2.79. The minimum Gasteiger partial charge on any atom is -0.466 e. The lowest BCUT2D eigenvalue weighted by Crippen LogP contribution is -2.06. The summed E-state index contributed by atoms with van der Waals surface area (Å²) in [5.41, 5.74) is 14.6. The fraction of sp³-hybridized carbons (Fsp3) is 0.238. The highest BCUT2D eigenvalue weighted by molar-refractivity contribution is 6.17. The molecule has 0 spiro atoms. The monoisotopic (exact) mass is 365 g/mol. The van der Waals surface area contributed by atoms with E-state index in [9.17, 15) is 9.59 Å². The Morgan fingerprint density at radius 2 is 1.78 bits per heavy atom. The zero-order chi connectivity index (χ0) is 19.4. The van der Waals surface area contributed by atoms with E-state index in [0.29, 0.717) is 48.5 Å². The first kappa shape index (κ1) is 18.5. The minimum atomic E-state index is -0.208. The van der Waals surface area contributed by atoms with Gasteiger partial charge in [-0.25, -0.2) is 0 Å². The van der Waals surface area contributed by atoms with Gasteiger partial charge in [0.15, 0.2) is 5.78 Å². The van der Waals surface area contributed by atoms with E-state index in [0.717, 1.165) is 10.9 Å². The smallest absolute Gasteiger partial charge is 0.305 e. The minimum absolute atomic E-state index is 0.130. The first-order valence-corrected chi connectivity index (χ1v) is 8.94. The number of ether oxygens (including phenoxy) is 1. The maximum Gasteiger partial charge on any atom is 0.305 e. The van der Waals surface area contributed by atoms with Crippen molar-refractivity contribution in [1.82, 2.24) is 4.57 Å². The zero-order valence-electron chi connectivity index (χ0n) is 15.3. The molecule has 0 unspecified atom stereocenters. The SMILES string of the molecule is CCOC(=O)CCCn1cc(C(=O)c2cc(N)cc(N)c2)c2ccccc21. The zero-order valence-corrected chi connectivity index (χ0v) is 15.3. The molecule has 6 nitrogen and oxygen atoms in total. The number of nitrogens with zero attached hydrogens (tertiary/aromatic N) is 1. The fourth-order valence-corrected chi connectivity index (χ4v) is 3.20. The van der Waals surface area contributed by atoms with E-state index in [4.69, 9.17) is 16.2 Å². The van der Waals surface area contributed by atoms with Crippen LogP contribution in [0.15, 0.2) is 48.7 Å². The Balaban J connectivity index is 1.90. The summed E-state index contributed by atoms with van der Waals surface area (Å²) in [4.78, 5) is 24.6. The van der Waals surface area contributed by atoms with Gasteiger partial charge in [0.25, 0.3) is 0 Å². The summed E-state index contributed by atoms with van der Waals surface area (Å²) in [5.74, 6) is -0.338. The molecule has 0 aliphatic carbocycles. The number of carbonyl (C=O) groups is 2. The molecule has 1 heterocycles. The number of aromatic nitrogens is 1. The number of hydrogen-bond donors (Lipinski definition) is 2. The van der Waals surface area contributed by atoms with E-state index in [2.05, 4.69) is 0 Å². The Morgan fingerprint density at radius 1 is 1.07 bits per heavy atom. The lowest BCUT2D eigenvalue weighted by Gasteiger charge is -2.05. The van der Waals surface area contributed by atoms with Gasteiger partial charge in [-0.05, 0) is 37.6 Å². The van der Waals surface area contributed by atoms with Crippen molar-refractivity contribution in [3.05, 3.63) is 59.8 Å². The standard InChI is InChI=1S/C21H23N3O3/c1-2-27-20(25)8-5-9-24-13-18(17-6-3-4-7-19(17)24)21(26)14-10-15(22)12-16(23)11-14/h3-4,6-7,10-13H,2,5,8-9,22-23H2,1H3. The van der Waals surface area contributed by atoms with Crippen LogP contribution >= 0.6 is 0 Å². The van der Waals surface area contributed by atoms with E-state index >= 15 is 0 Å². The van der Waals surface area contributed by atoms with Gasteiger partial charge >= 0.3 is 5.97 Å². The van der Waals surface area contributed by atoms with Crippen molar-refractivity contribution >= 4 is 34.0 Å². The lowest BCUT2D eigenvalue weighted by atomic mass is 10.0. The second-order valence-electron chi connectivity index (χ2n) is 6.38. The summed E-state index contributed by atoms with van der Waals surface area (Å²) in [7, 11) is 0. The quantitative estimate of drug-likeness (QED) is 0.380. The van der Waals surface area contributed by atoms with Crippen LogP contribution in [0.5, 0.6) is 0 Å². The Labute approximate surface area is 157 Å². The number of carbonyl (C=O) groups excluding carboxylic acids is 2. The molecule has 0 fully saturated rings. The third kappa shape index (κ3) is 4.11. The number of nitrogens with two attached hydrogens (primary N) is 2. The molecule has 0 aliphatic rings. The average molecular weight is 365 g/mol. The van der Waals surface area contributed by atoms with E-state index in [1.165, 1.54) is 0 Å². The van der Waals surface area contributed by atoms with Gasteiger partial charge in [-0.2, -0.15) is 0 Å². The van der Waals surface area contributed by atoms with Crippen molar-refractivity contribution in [3.8, 4) is 0 Å². The second-order valence-corrected chi connectivity index (χ2v) is 6.38. The number of aryl methyl sites for hydroxylation is 1. The van der Waals surface area contributed by atoms with Crippen LogP contribution in [-0.4, -0.2) is 22.9 Å². The van der Waals surface area contributed by atoms with Crippen LogP contribution in [0.25, 0.3) is 10.9 Å². The highest BCUT2D eigenvalue weighted by Crippen LogP contribution is 2.26. The predicted octanol–water partition coefficient (Wildman–Crippen LogP) is 3.38. The number of ketones is 1. The largest absolute Gasteiger partial charge is 0.466 e. The summed E-state index contributed by atoms with van der Waals surface area (Å²) in [5, 5.41) is 0.861. The molecule has 0 amide bonds. The molecule has 0 radical (unpaired) electrons. The van der Waals surface area contributed by atoms with Gasteiger partial charge in [-0.1, -0.05) is 18.2 Å². The van der Waals surface area contributed by atoms with Gasteiger partial charge in [0.05, 0.1) is 6.61 Å². The molecule has 3 aromatic rings. The predicted molar refractivity (Wildman–Crippen MR) is 107 cm³/mol. The average Bonchev–Trinajstić information content (AvgIpc) is 2.99. The van der Waals surface area contributed by atoms with Gasteiger partial charge in [0.1, 0.15) is 0 Å². The molecule has 140 valence electrons. The molecular formula is C21H23N3O3. The third-order valence-electron chi connectivity index (χ3n) is 4.36. The summed E-state index contributed by atoms with van der Waals surface area (Å²) in [6.07, 6.45) is 2.81. The fourth-order valence-electron chi connectivity index (χ4n) is 3.20. The van der Waals surface area contributed by atoms with Gasteiger partial charge in [0, 0.05) is 52.6 Å². The number of anilines is 2. The molecule has 6 heteroatoms. The Morgan fingerprint density at radius 3 is 2.48 bits per heavy atom. The molecule has 0 saturated heterocycles. The highest BCUT2D eigenvalue weighted by Gasteiger charge is 2.17. The van der Waals surface area contributed by atoms with Gasteiger partial charge in [0.2, 0.25) is 0 Å². The van der Waals surface area contributed by atoms with E-state index in [1.54, 1.807) is 25.1 Å². The van der Waals surface area contributed by atoms with E-state index in [-0.39, 0.29) is 11.8 Å². The van der Waals surface area contributed by atoms with Crippen LogP contribution in [0.3, 0.4) is 0 Å². The number of fused-ring (bicyclic) bond motifs is 1. The van der Waals surface area contributed by atoms with Crippen molar-refractivity contribution in [2.24, 2.45) is 0 Å². The molecule has 0 aliphatic heterocycles. The van der Waals surface area contributed by atoms with Gasteiger partial charge in [-0.15, -0.1) is 0 Å². The maximum atomic E-state index is 13.0. The summed E-state index contributed by atoms with van der Waals surface area (Å²) >= 11 is 0. The summed E-state index contributed by atoms with van der Waals surface area (Å²) < 4.78 is 6.96. The Bertz CT molecular complexity index is 971. The number of benzene rings is 2. The molecular weight excluding hydrogens is 342 g/mol. The van der Waals surface area contributed by atoms with Crippen LogP contribution in [0, 0.1) is 0 Å². The number of hydrogen-bond acceptors (Lipinski definition) is 5. The highest BCUT2D eigenvalue weighted by atomic mass is 16.5. The molecule has 2 aromatic carbocycles. The van der Waals surface area contributed by atoms with E-state index < -0.39 is 0 Å². The van der Waals surface area contributed by atoms with Crippen LogP contribution in [0.2, 0.25) is 0 Å². The maximum absolute atomic E-state index is 13.0. The third-order valence-corrected chi connectivity index (χ3v) is 4.36. The first-order chi connectivity index (χ1) is 13.0. The van der Waals surface area contributed by atoms with Crippen LogP contribution in [-0.2, 0) is 16.1 Å². The van der Waals surface area contributed by atoms with Crippen LogP contribution < -0.4 is 11.5 Å². The molecule has 3 rings (SSSR count). The second kappa shape index (κ2) is 7.95. The summed E-state index contributed by atoms with van der Waals surface area (Å²) in [6, 6.07) is 12.6. The van der Waals surface area contributed by atoms with Gasteiger partial charge in [-0.3, -0.25) is 9.59 Å². The molecule has 0 atom stereocenters. The normalized spacial score (nSPS) is 10.9. The molecule has 0 bridgehead atoms. The van der Waals surface area contributed by atoms with Crippen LogP contribution in [0.4, 0.5) is 11.4 Å². The van der Waals surface area contributed by atoms with Crippen molar-refractivity contribution in [3.63, 3.8) is 0 Å². The molecule has 0 saturated carbocycles. The van der Waals surface area contributed by atoms with Crippen molar-refractivity contribution in [1.29, 1.82) is 0 Å². The number of para-hydroxylation sites is 1. The van der Waals surface area contributed by atoms with Crippen LogP contribution in [0.1, 0.15) is 35.7 Å². The van der Waals surface area contributed by atoms with Crippen molar-refractivity contribution < 1.29 is 14.3 Å². The Hall–Kier alpha value is -3.28. The lowest BCUT2D eigenvalue weighted by molar-refractivity contribution is -0.143. The van der Waals surface area contributed by atoms with Crippen molar-refractivity contribution in [2.75, 3.05) is 18.1 Å². The van der Waals surface area contributed by atoms with Crippen molar-refractivity contribution in [2.45, 2.75) is 26.3 Å².